The number of hydrogen-bond donors (Lipinski definition) is 1. The van der Waals surface area contributed by atoms with Gasteiger partial charge < -0.3 is 14.8 Å². The number of rotatable bonds is 6. The molecule has 0 aliphatic carbocycles. The number of hydrogen-bond acceptors (Lipinski definition) is 4. The molecule has 1 N–H and O–H groups in total. The summed E-state index contributed by atoms with van der Waals surface area (Å²) in [6.07, 6.45) is -0.322. The van der Waals surface area contributed by atoms with Crippen molar-refractivity contribution in [3.8, 4) is 0 Å². The van der Waals surface area contributed by atoms with Crippen molar-refractivity contribution in [2.75, 3.05) is 6.54 Å². The molecule has 0 spiro atoms. The Hall–Kier alpha value is -3.38. The lowest BCUT2D eigenvalue weighted by molar-refractivity contribution is -0.125. The van der Waals surface area contributed by atoms with Gasteiger partial charge in [-0.25, -0.2) is 4.79 Å². The second-order valence-corrected chi connectivity index (χ2v) is 9.66. The van der Waals surface area contributed by atoms with Crippen LogP contribution in [0.1, 0.15) is 38.3 Å². The predicted molar refractivity (Wildman–Crippen MR) is 132 cm³/mol. The second-order valence-electron chi connectivity index (χ2n) is 9.66. The highest BCUT2D eigenvalue weighted by atomic mass is 16.6. The monoisotopic (exact) mass is 460 g/mol. The lowest BCUT2D eigenvalue weighted by Crippen LogP contribution is -2.47. The maximum Gasteiger partial charge on any atom is 0.411 e. The van der Waals surface area contributed by atoms with Gasteiger partial charge in [0, 0.05) is 13.0 Å². The van der Waals surface area contributed by atoms with E-state index in [1.807, 2.05) is 81.4 Å². The summed E-state index contributed by atoms with van der Waals surface area (Å²) in [7, 11) is 0. The second kappa shape index (κ2) is 10.3. The third-order valence-electron chi connectivity index (χ3n) is 5.85. The summed E-state index contributed by atoms with van der Waals surface area (Å²) in [5.41, 5.74) is 1.43. The van der Waals surface area contributed by atoms with Gasteiger partial charge in [-0.1, -0.05) is 72.8 Å². The summed E-state index contributed by atoms with van der Waals surface area (Å²) in [6.45, 7) is 6.58. The van der Waals surface area contributed by atoms with E-state index in [-0.39, 0.29) is 12.0 Å². The van der Waals surface area contributed by atoms with Crippen LogP contribution < -0.4 is 5.32 Å². The van der Waals surface area contributed by atoms with E-state index in [9.17, 15) is 9.59 Å². The van der Waals surface area contributed by atoms with Gasteiger partial charge in [-0.15, -0.1) is 0 Å². The molecular formula is C28H32N2O4. The minimum atomic E-state index is -0.649. The number of benzene rings is 3. The van der Waals surface area contributed by atoms with E-state index >= 15 is 0 Å². The van der Waals surface area contributed by atoms with Crippen LogP contribution >= 0.6 is 0 Å². The lowest BCUT2D eigenvalue weighted by Gasteiger charge is -2.28. The normalized spacial score (nSPS) is 18.1. The van der Waals surface area contributed by atoms with Crippen molar-refractivity contribution < 1.29 is 19.1 Å². The van der Waals surface area contributed by atoms with Crippen LogP contribution in [0.25, 0.3) is 10.8 Å². The Balaban J connectivity index is 1.45. The van der Waals surface area contributed by atoms with Crippen LogP contribution in [0.5, 0.6) is 0 Å². The Morgan fingerprint density at radius 3 is 2.44 bits per heavy atom. The first-order chi connectivity index (χ1) is 16.3. The molecule has 1 unspecified atom stereocenters. The molecule has 2 amide bonds. The van der Waals surface area contributed by atoms with Crippen molar-refractivity contribution in [3.63, 3.8) is 0 Å². The lowest BCUT2D eigenvalue weighted by atomic mass is 10.0. The molecule has 1 heterocycles. The summed E-state index contributed by atoms with van der Waals surface area (Å²) in [5, 5.41) is 5.26. The molecule has 3 aromatic carbocycles. The molecule has 6 nitrogen and oxygen atoms in total. The molecule has 0 bridgehead atoms. The molecule has 6 heteroatoms. The van der Waals surface area contributed by atoms with Gasteiger partial charge in [0.05, 0.1) is 19.3 Å². The molecule has 0 aromatic heterocycles. The Morgan fingerprint density at radius 2 is 1.68 bits per heavy atom. The number of fused-ring (bicyclic) bond motifs is 1. The van der Waals surface area contributed by atoms with Gasteiger partial charge in [0.1, 0.15) is 11.6 Å². The molecule has 34 heavy (non-hydrogen) atoms. The molecule has 0 saturated carbocycles. The first kappa shape index (κ1) is 23.8. The van der Waals surface area contributed by atoms with E-state index < -0.39 is 17.7 Å². The van der Waals surface area contributed by atoms with Crippen LogP contribution in [-0.4, -0.2) is 41.2 Å². The minimum absolute atomic E-state index is 0.204. The van der Waals surface area contributed by atoms with Gasteiger partial charge in [0.2, 0.25) is 5.91 Å². The van der Waals surface area contributed by atoms with Gasteiger partial charge in [-0.05, 0) is 42.7 Å². The minimum Gasteiger partial charge on any atom is -0.444 e. The molecule has 4 rings (SSSR count). The fourth-order valence-corrected chi connectivity index (χ4v) is 4.22. The van der Waals surface area contributed by atoms with Crippen molar-refractivity contribution in [2.24, 2.45) is 0 Å². The number of nitrogens with zero attached hydrogens (tertiary/aromatic N) is 1. The largest absolute Gasteiger partial charge is 0.444 e. The van der Waals surface area contributed by atoms with E-state index in [4.69, 9.17) is 9.47 Å². The van der Waals surface area contributed by atoms with E-state index in [0.29, 0.717) is 26.1 Å². The fourth-order valence-electron chi connectivity index (χ4n) is 4.22. The van der Waals surface area contributed by atoms with Crippen molar-refractivity contribution >= 4 is 22.8 Å². The summed E-state index contributed by atoms with van der Waals surface area (Å²) in [5.74, 6) is -0.204. The van der Waals surface area contributed by atoms with Crippen LogP contribution in [0.15, 0.2) is 72.8 Å². The summed E-state index contributed by atoms with van der Waals surface area (Å²) >= 11 is 0. The molecule has 1 aliphatic rings. The summed E-state index contributed by atoms with van der Waals surface area (Å²) in [6, 6.07) is 23.4. The molecule has 1 aliphatic heterocycles. The highest BCUT2D eigenvalue weighted by Gasteiger charge is 2.42. The standard InChI is InChI=1S/C28H32N2O4/c1-28(2,3)34-27(32)30-18-23(33-19-20-10-5-4-6-11-20)16-25(30)26(31)29-17-22-14-9-13-21-12-7-8-15-24(21)22/h4-15,23,25H,16-19H2,1-3H3,(H,29,31)/t23-,25?/m1/s1. The molecule has 0 radical (unpaired) electrons. The number of carbonyl (C=O) groups excluding carboxylic acids is 2. The molecule has 2 atom stereocenters. The maximum absolute atomic E-state index is 13.2. The fraction of sp³-hybridized carbons (Fsp3) is 0.357. The molecule has 178 valence electrons. The molecule has 1 saturated heterocycles. The van der Waals surface area contributed by atoms with Gasteiger partial charge in [0.25, 0.3) is 0 Å². The Labute approximate surface area is 200 Å². The third-order valence-corrected chi connectivity index (χ3v) is 5.85. The first-order valence-electron chi connectivity index (χ1n) is 11.7. The predicted octanol–water partition coefficient (Wildman–Crippen LogP) is 5.05. The van der Waals surface area contributed by atoms with Crippen LogP contribution in [0.4, 0.5) is 4.79 Å². The van der Waals surface area contributed by atoms with Crippen molar-refractivity contribution in [1.82, 2.24) is 10.2 Å². The van der Waals surface area contributed by atoms with Gasteiger partial charge in [-0.3, -0.25) is 9.69 Å². The maximum atomic E-state index is 13.2. The highest BCUT2D eigenvalue weighted by molar-refractivity contribution is 5.88. The van der Waals surface area contributed by atoms with E-state index in [0.717, 1.165) is 21.9 Å². The average molecular weight is 461 g/mol. The zero-order chi connectivity index (χ0) is 24.1. The van der Waals surface area contributed by atoms with Crippen molar-refractivity contribution in [3.05, 3.63) is 83.9 Å². The average Bonchev–Trinajstić information content (AvgIpc) is 3.25. The number of likely N-dealkylation sites (tertiary alicyclic amines) is 1. The SMILES string of the molecule is CC(C)(C)OC(=O)N1C[C@H](OCc2ccccc2)CC1C(=O)NCc1cccc2ccccc12. The van der Waals surface area contributed by atoms with Gasteiger partial charge >= 0.3 is 6.09 Å². The van der Waals surface area contributed by atoms with E-state index in [1.165, 1.54) is 4.90 Å². The highest BCUT2D eigenvalue weighted by Crippen LogP contribution is 2.25. The Kier molecular flexibility index (Phi) is 7.17. The van der Waals surface area contributed by atoms with Crippen molar-refractivity contribution in [2.45, 2.75) is 58.1 Å². The Bertz CT molecular complexity index is 1130. The molecule has 1 fully saturated rings. The van der Waals surface area contributed by atoms with Gasteiger partial charge in [-0.2, -0.15) is 0 Å². The van der Waals surface area contributed by atoms with Crippen LogP contribution in [0.2, 0.25) is 0 Å². The number of carbonyl (C=O) groups is 2. The zero-order valence-corrected chi connectivity index (χ0v) is 20.0. The molecular weight excluding hydrogens is 428 g/mol. The van der Waals surface area contributed by atoms with Crippen molar-refractivity contribution in [1.29, 1.82) is 0 Å². The van der Waals surface area contributed by atoms with Gasteiger partial charge in [0.15, 0.2) is 0 Å². The zero-order valence-electron chi connectivity index (χ0n) is 20.0. The van der Waals surface area contributed by atoms with E-state index in [2.05, 4.69) is 17.4 Å². The molecule has 3 aromatic rings. The summed E-state index contributed by atoms with van der Waals surface area (Å²) < 4.78 is 11.7. The van der Waals surface area contributed by atoms with Crippen LogP contribution in [-0.2, 0) is 27.4 Å². The number of amides is 2. The van der Waals surface area contributed by atoms with Crippen LogP contribution in [0, 0.1) is 0 Å². The van der Waals surface area contributed by atoms with E-state index in [1.54, 1.807) is 0 Å². The quantitative estimate of drug-likeness (QED) is 0.559. The third kappa shape index (κ3) is 5.94. The van der Waals surface area contributed by atoms with Crippen LogP contribution in [0.3, 0.4) is 0 Å². The Morgan fingerprint density at radius 1 is 0.971 bits per heavy atom. The first-order valence-corrected chi connectivity index (χ1v) is 11.7. The number of ether oxygens (including phenoxy) is 2. The summed E-state index contributed by atoms with van der Waals surface area (Å²) in [4.78, 5) is 27.7. The number of nitrogens with one attached hydrogen (secondary N) is 1. The topological polar surface area (TPSA) is 67.9 Å². The smallest absolute Gasteiger partial charge is 0.411 e.